The van der Waals surface area contributed by atoms with Gasteiger partial charge in [0.15, 0.2) is 0 Å². The van der Waals surface area contributed by atoms with Crippen LogP contribution < -0.4 is 5.32 Å². The van der Waals surface area contributed by atoms with Crippen molar-refractivity contribution in [1.29, 1.82) is 0 Å². The molecule has 3 unspecified atom stereocenters. The topological polar surface area (TPSA) is 49.4 Å². The highest BCUT2D eigenvalue weighted by atomic mass is 32.2. The average molecular weight is 409 g/mol. The third-order valence-corrected chi connectivity index (χ3v) is 7.32. The van der Waals surface area contributed by atoms with Crippen molar-refractivity contribution in [3.05, 3.63) is 83.9 Å². The van der Waals surface area contributed by atoms with Gasteiger partial charge in [-0.25, -0.2) is 12.7 Å². The number of hydrogen-bond acceptors (Lipinski definition) is 3. The number of nitrogens with one attached hydrogen (secondary N) is 1. The number of nitrogens with zero attached hydrogens (tertiary/aromatic N) is 1. The zero-order chi connectivity index (χ0) is 20.4. The summed E-state index contributed by atoms with van der Waals surface area (Å²) in [6.07, 6.45) is 1.31. The largest absolute Gasteiger partial charge is 0.310 e. The molecule has 5 heteroatoms. The van der Waals surface area contributed by atoms with Crippen molar-refractivity contribution < 1.29 is 8.42 Å². The van der Waals surface area contributed by atoms with E-state index in [4.69, 9.17) is 0 Å². The molecule has 1 aliphatic heterocycles. The molecule has 3 atom stereocenters. The van der Waals surface area contributed by atoms with E-state index in [1.807, 2.05) is 18.2 Å². The van der Waals surface area contributed by atoms with Crippen LogP contribution in [0.3, 0.4) is 0 Å². The normalized spacial score (nSPS) is 21.4. The second kappa shape index (κ2) is 8.27. The highest BCUT2D eigenvalue weighted by molar-refractivity contribution is 7.88. The monoisotopic (exact) mass is 408 g/mol. The lowest BCUT2D eigenvalue weighted by Gasteiger charge is -2.23. The summed E-state index contributed by atoms with van der Waals surface area (Å²) < 4.78 is 26.0. The van der Waals surface area contributed by atoms with Crippen LogP contribution in [-0.2, 0) is 10.0 Å². The van der Waals surface area contributed by atoms with Gasteiger partial charge in [0, 0.05) is 31.6 Å². The van der Waals surface area contributed by atoms with E-state index in [0.717, 1.165) is 6.54 Å². The molecule has 1 heterocycles. The third kappa shape index (κ3) is 4.37. The number of benzene rings is 3. The second-order valence-corrected chi connectivity index (χ2v) is 10.0. The first kappa shape index (κ1) is 20.1. The molecule has 4 rings (SSSR count). The fourth-order valence-corrected chi connectivity index (χ4v) is 5.35. The van der Waals surface area contributed by atoms with Gasteiger partial charge in [0.25, 0.3) is 0 Å². The summed E-state index contributed by atoms with van der Waals surface area (Å²) >= 11 is 0. The van der Waals surface area contributed by atoms with Crippen molar-refractivity contribution in [1.82, 2.24) is 9.62 Å². The van der Waals surface area contributed by atoms with Crippen molar-refractivity contribution in [3.63, 3.8) is 0 Å². The van der Waals surface area contributed by atoms with Gasteiger partial charge in [-0.2, -0.15) is 0 Å². The molecule has 1 saturated heterocycles. The standard InChI is InChI=1S/C24H28N2O2S/c1-18(22-14-8-12-19-11-6-7-13-23(19)22)25-15-21-16-26(29(2,27)28)17-24(21)20-9-4-3-5-10-20/h3-14,18,21,24-25H,15-17H2,1-2H3. The number of hydrogen-bond donors (Lipinski definition) is 1. The van der Waals surface area contributed by atoms with Crippen molar-refractivity contribution in [3.8, 4) is 0 Å². The Morgan fingerprint density at radius 2 is 1.66 bits per heavy atom. The van der Waals surface area contributed by atoms with Crippen LogP contribution in [0.15, 0.2) is 72.8 Å². The molecule has 0 bridgehead atoms. The maximum atomic E-state index is 12.2. The summed E-state index contributed by atoms with van der Waals surface area (Å²) in [5.74, 6) is 0.447. The Hall–Kier alpha value is -2.21. The van der Waals surface area contributed by atoms with Crippen molar-refractivity contribution in [2.24, 2.45) is 5.92 Å². The lowest BCUT2D eigenvalue weighted by Crippen LogP contribution is -2.31. The number of fused-ring (bicyclic) bond motifs is 1. The van der Waals surface area contributed by atoms with Gasteiger partial charge in [-0.1, -0.05) is 72.8 Å². The Labute approximate surface area is 173 Å². The minimum Gasteiger partial charge on any atom is -0.310 e. The molecule has 3 aromatic carbocycles. The van der Waals surface area contributed by atoms with Crippen LogP contribution in [0.4, 0.5) is 0 Å². The fraction of sp³-hybridized carbons (Fsp3) is 0.333. The van der Waals surface area contributed by atoms with E-state index in [-0.39, 0.29) is 17.9 Å². The molecule has 0 aromatic heterocycles. The minimum absolute atomic E-state index is 0.185. The van der Waals surface area contributed by atoms with Gasteiger partial charge < -0.3 is 5.32 Å². The Morgan fingerprint density at radius 3 is 2.41 bits per heavy atom. The van der Waals surface area contributed by atoms with E-state index >= 15 is 0 Å². The quantitative estimate of drug-likeness (QED) is 0.666. The van der Waals surface area contributed by atoms with Crippen molar-refractivity contribution >= 4 is 20.8 Å². The Balaban J connectivity index is 1.53. The van der Waals surface area contributed by atoms with Gasteiger partial charge in [-0.15, -0.1) is 0 Å². The van der Waals surface area contributed by atoms with Crippen LogP contribution >= 0.6 is 0 Å². The molecular formula is C24H28N2O2S. The van der Waals surface area contributed by atoms with Crippen LogP contribution in [0.5, 0.6) is 0 Å². The van der Waals surface area contributed by atoms with E-state index in [2.05, 4.69) is 66.8 Å². The molecule has 29 heavy (non-hydrogen) atoms. The lowest BCUT2D eigenvalue weighted by molar-refractivity contribution is 0.423. The SMILES string of the molecule is CC(NCC1CN(S(C)(=O)=O)CC1c1ccccc1)c1cccc2ccccc12. The van der Waals surface area contributed by atoms with Gasteiger partial charge in [0.1, 0.15) is 0 Å². The molecule has 1 aliphatic rings. The smallest absolute Gasteiger partial charge is 0.211 e. The van der Waals surface area contributed by atoms with E-state index in [0.29, 0.717) is 13.1 Å². The first-order valence-corrected chi connectivity index (χ1v) is 12.0. The zero-order valence-electron chi connectivity index (χ0n) is 17.0. The lowest BCUT2D eigenvalue weighted by atomic mass is 9.88. The molecule has 0 aliphatic carbocycles. The number of sulfonamides is 1. The summed E-state index contributed by atoms with van der Waals surface area (Å²) in [5.41, 5.74) is 2.49. The molecule has 152 valence electrons. The molecule has 1 fully saturated rings. The van der Waals surface area contributed by atoms with Gasteiger partial charge in [-0.3, -0.25) is 0 Å². The Morgan fingerprint density at radius 1 is 0.966 bits per heavy atom. The highest BCUT2D eigenvalue weighted by Gasteiger charge is 2.37. The predicted octanol–water partition coefficient (Wildman–Crippen LogP) is 4.17. The van der Waals surface area contributed by atoms with E-state index in [1.165, 1.54) is 28.2 Å². The second-order valence-electron chi connectivity index (χ2n) is 8.06. The average Bonchev–Trinajstić information content (AvgIpc) is 3.17. The van der Waals surface area contributed by atoms with Crippen LogP contribution in [0.2, 0.25) is 0 Å². The van der Waals surface area contributed by atoms with Crippen LogP contribution in [-0.4, -0.2) is 38.6 Å². The van der Waals surface area contributed by atoms with Crippen LogP contribution in [0.25, 0.3) is 10.8 Å². The van der Waals surface area contributed by atoms with Gasteiger partial charge in [-0.05, 0) is 34.7 Å². The fourth-order valence-electron chi connectivity index (χ4n) is 4.45. The molecule has 4 nitrogen and oxygen atoms in total. The Bertz CT molecular complexity index is 1080. The maximum Gasteiger partial charge on any atom is 0.211 e. The highest BCUT2D eigenvalue weighted by Crippen LogP contribution is 2.34. The summed E-state index contributed by atoms with van der Waals surface area (Å²) in [5, 5.41) is 6.19. The number of rotatable bonds is 6. The predicted molar refractivity (Wildman–Crippen MR) is 119 cm³/mol. The summed E-state index contributed by atoms with van der Waals surface area (Å²) in [7, 11) is -3.19. The van der Waals surface area contributed by atoms with Crippen molar-refractivity contribution in [2.45, 2.75) is 18.9 Å². The minimum atomic E-state index is -3.19. The maximum absolute atomic E-state index is 12.2. The first-order chi connectivity index (χ1) is 13.9. The molecular weight excluding hydrogens is 380 g/mol. The summed E-state index contributed by atoms with van der Waals surface area (Å²) in [4.78, 5) is 0. The van der Waals surface area contributed by atoms with Crippen LogP contribution in [0, 0.1) is 5.92 Å². The van der Waals surface area contributed by atoms with Crippen molar-refractivity contribution in [2.75, 3.05) is 25.9 Å². The molecule has 0 spiro atoms. The zero-order valence-corrected chi connectivity index (χ0v) is 17.8. The van der Waals surface area contributed by atoms with Gasteiger partial charge in [0.2, 0.25) is 10.0 Å². The van der Waals surface area contributed by atoms with Gasteiger partial charge in [0.05, 0.1) is 6.26 Å². The molecule has 3 aromatic rings. The van der Waals surface area contributed by atoms with Gasteiger partial charge >= 0.3 is 0 Å². The Kier molecular flexibility index (Phi) is 5.72. The summed E-state index contributed by atoms with van der Waals surface area (Å²) in [6.45, 7) is 4.07. The molecule has 0 amide bonds. The van der Waals surface area contributed by atoms with Crippen LogP contribution in [0.1, 0.15) is 30.0 Å². The molecule has 0 radical (unpaired) electrons. The van der Waals surface area contributed by atoms with E-state index < -0.39 is 10.0 Å². The summed E-state index contributed by atoms with van der Waals surface area (Å²) in [6, 6.07) is 25.3. The first-order valence-electron chi connectivity index (χ1n) is 10.1. The van der Waals surface area contributed by atoms with E-state index in [1.54, 1.807) is 4.31 Å². The molecule has 1 N–H and O–H groups in total. The van der Waals surface area contributed by atoms with E-state index in [9.17, 15) is 8.42 Å². The third-order valence-electron chi connectivity index (χ3n) is 6.08. The molecule has 0 saturated carbocycles.